The first-order valence-corrected chi connectivity index (χ1v) is 8.25. The smallest absolute Gasteiger partial charge is 0.322 e. The zero-order valence-electron chi connectivity index (χ0n) is 12.4. The first kappa shape index (κ1) is 15.1. The Morgan fingerprint density at radius 2 is 2.23 bits per heavy atom. The van der Waals surface area contributed by atoms with E-state index in [-0.39, 0.29) is 12.1 Å². The minimum atomic E-state index is -0.0979. The summed E-state index contributed by atoms with van der Waals surface area (Å²) in [6, 6.07) is 9.38. The van der Waals surface area contributed by atoms with Crippen molar-refractivity contribution in [3.05, 3.63) is 46.3 Å². The summed E-state index contributed by atoms with van der Waals surface area (Å²) in [5.41, 5.74) is 1.71. The van der Waals surface area contributed by atoms with Gasteiger partial charge in [0.25, 0.3) is 0 Å². The highest BCUT2D eigenvalue weighted by molar-refractivity contribution is 9.10. The molecule has 0 spiro atoms. The molecule has 1 atom stereocenters. The van der Waals surface area contributed by atoms with Crippen LogP contribution >= 0.6 is 15.9 Å². The number of urea groups is 1. The Balaban J connectivity index is 1.72. The Hall–Kier alpha value is -1.82. The van der Waals surface area contributed by atoms with Crippen LogP contribution in [0, 0.1) is 0 Å². The third kappa shape index (κ3) is 3.16. The lowest BCUT2D eigenvalue weighted by Gasteiger charge is -2.23. The molecule has 0 radical (unpaired) electrons. The van der Waals surface area contributed by atoms with Gasteiger partial charge >= 0.3 is 6.03 Å². The summed E-state index contributed by atoms with van der Waals surface area (Å²) in [6.07, 6.45) is 2.72. The monoisotopic (exact) mass is 363 g/mol. The summed E-state index contributed by atoms with van der Waals surface area (Å²) in [5, 5.41) is 6.96. The second-order valence-electron chi connectivity index (χ2n) is 5.36. The summed E-state index contributed by atoms with van der Waals surface area (Å²) in [7, 11) is 0. The molecule has 1 saturated heterocycles. The lowest BCUT2D eigenvalue weighted by atomic mass is 10.1. The van der Waals surface area contributed by atoms with Gasteiger partial charge in [-0.3, -0.25) is 0 Å². The topological polar surface area (TPSA) is 58.4 Å². The number of aryl methyl sites for hydroxylation is 1. The van der Waals surface area contributed by atoms with Crippen molar-refractivity contribution in [2.45, 2.75) is 32.2 Å². The van der Waals surface area contributed by atoms with Crippen LogP contribution in [0.15, 0.2) is 39.3 Å². The second-order valence-corrected chi connectivity index (χ2v) is 6.28. The van der Waals surface area contributed by atoms with Crippen molar-refractivity contribution < 1.29 is 9.32 Å². The number of benzene rings is 1. The molecule has 3 rings (SSSR count). The Morgan fingerprint density at radius 3 is 2.91 bits per heavy atom. The summed E-state index contributed by atoms with van der Waals surface area (Å²) in [5.74, 6) is 0.778. The third-order valence-electron chi connectivity index (χ3n) is 3.88. The van der Waals surface area contributed by atoms with E-state index in [0.717, 1.165) is 47.4 Å². The number of hydrogen-bond donors (Lipinski definition) is 1. The molecule has 5 nitrogen and oxygen atoms in total. The van der Waals surface area contributed by atoms with Crippen LogP contribution in [0.3, 0.4) is 0 Å². The molecule has 22 heavy (non-hydrogen) atoms. The number of carbonyl (C=O) groups excluding carboxylic acids is 1. The van der Waals surface area contributed by atoms with Crippen LogP contribution in [0.4, 0.5) is 10.5 Å². The van der Waals surface area contributed by atoms with Crippen molar-refractivity contribution in [3.63, 3.8) is 0 Å². The maximum atomic E-state index is 12.5. The van der Waals surface area contributed by atoms with Crippen LogP contribution in [0.1, 0.15) is 37.3 Å². The number of halogens is 1. The fourth-order valence-electron chi connectivity index (χ4n) is 2.69. The van der Waals surface area contributed by atoms with Gasteiger partial charge in [0.2, 0.25) is 0 Å². The number of nitrogens with zero attached hydrogens (tertiary/aromatic N) is 2. The van der Waals surface area contributed by atoms with E-state index in [1.165, 1.54) is 0 Å². The van der Waals surface area contributed by atoms with E-state index in [4.69, 9.17) is 4.52 Å². The molecule has 1 aromatic carbocycles. The Bertz CT molecular complexity index is 654. The molecule has 0 unspecified atom stereocenters. The maximum absolute atomic E-state index is 12.5. The third-order valence-corrected chi connectivity index (χ3v) is 4.41. The molecule has 0 bridgehead atoms. The van der Waals surface area contributed by atoms with Crippen molar-refractivity contribution >= 4 is 27.6 Å². The van der Waals surface area contributed by atoms with Gasteiger partial charge in [0.05, 0.1) is 11.7 Å². The molecular formula is C16H18BrN3O2. The summed E-state index contributed by atoms with van der Waals surface area (Å²) < 4.78 is 6.39. The van der Waals surface area contributed by atoms with Crippen LogP contribution < -0.4 is 5.32 Å². The maximum Gasteiger partial charge on any atom is 0.322 e. The van der Waals surface area contributed by atoms with Gasteiger partial charge in [-0.2, -0.15) is 0 Å². The standard InChI is InChI=1S/C16H18BrN3O2/c1-2-12-10-15(22-19-12)14-4-3-9-20(14)16(21)18-13-7-5-11(17)6-8-13/h5-8,10,14H,2-4,9H2,1H3,(H,18,21)/t14-/m0/s1. The molecule has 1 aliphatic heterocycles. The van der Waals surface area contributed by atoms with Crippen LogP contribution in [-0.2, 0) is 6.42 Å². The molecule has 1 fully saturated rings. The van der Waals surface area contributed by atoms with E-state index in [0.29, 0.717) is 0 Å². The SMILES string of the molecule is CCc1cc([C@@H]2CCCN2C(=O)Nc2ccc(Br)cc2)on1. The lowest BCUT2D eigenvalue weighted by molar-refractivity contribution is 0.195. The average molecular weight is 364 g/mol. The Kier molecular flexibility index (Phi) is 4.47. The van der Waals surface area contributed by atoms with Crippen LogP contribution in [-0.4, -0.2) is 22.6 Å². The first-order valence-electron chi connectivity index (χ1n) is 7.46. The lowest BCUT2D eigenvalue weighted by Crippen LogP contribution is -2.34. The van der Waals surface area contributed by atoms with E-state index in [1.54, 1.807) is 0 Å². The van der Waals surface area contributed by atoms with Gasteiger partial charge in [-0.25, -0.2) is 4.79 Å². The largest absolute Gasteiger partial charge is 0.359 e. The van der Waals surface area contributed by atoms with E-state index in [2.05, 4.69) is 26.4 Å². The zero-order valence-corrected chi connectivity index (χ0v) is 14.0. The minimum Gasteiger partial charge on any atom is -0.359 e. The van der Waals surface area contributed by atoms with E-state index < -0.39 is 0 Å². The van der Waals surface area contributed by atoms with E-state index >= 15 is 0 Å². The molecule has 116 valence electrons. The number of nitrogens with one attached hydrogen (secondary N) is 1. The van der Waals surface area contributed by atoms with Gasteiger partial charge in [-0.1, -0.05) is 28.0 Å². The van der Waals surface area contributed by atoms with Crippen molar-refractivity contribution in [1.82, 2.24) is 10.1 Å². The van der Waals surface area contributed by atoms with Gasteiger partial charge in [0.1, 0.15) is 0 Å². The fraction of sp³-hybridized carbons (Fsp3) is 0.375. The summed E-state index contributed by atoms with van der Waals surface area (Å²) >= 11 is 3.38. The molecule has 2 heterocycles. The fourth-order valence-corrected chi connectivity index (χ4v) is 2.95. The minimum absolute atomic E-state index is 0.0248. The molecule has 1 aliphatic rings. The highest BCUT2D eigenvalue weighted by atomic mass is 79.9. The van der Waals surface area contributed by atoms with Crippen molar-refractivity contribution in [3.8, 4) is 0 Å². The molecule has 2 aromatic rings. The van der Waals surface area contributed by atoms with Crippen LogP contribution in [0.2, 0.25) is 0 Å². The number of rotatable bonds is 3. The molecule has 1 aromatic heterocycles. The Labute approximate surface area is 137 Å². The van der Waals surface area contributed by atoms with Gasteiger partial charge in [-0.15, -0.1) is 0 Å². The predicted octanol–water partition coefficient (Wildman–Crippen LogP) is 4.37. The van der Waals surface area contributed by atoms with Gasteiger partial charge in [-0.05, 0) is 43.5 Å². The molecule has 0 aliphatic carbocycles. The molecule has 0 saturated carbocycles. The van der Waals surface area contributed by atoms with Crippen molar-refractivity contribution in [2.24, 2.45) is 0 Å². The van der Waals surface area contributed by atoms with Crippen molar-refractivity contribution in [1.29, 1.82) is 0 Å². The van der Waals surface area contributed by atoms with E-state index in [1.807, 2.05) is 42.2 Å². The molecular weight excluding hydrogens is 346 g/mol. The average Bonchev–Trinajstić information content (AvgIpc) is 3.17. The van der Waals surface area contributed by atoms with Crippen molar-refractivity contribution in [2.75, 3.05) is 11.9 Å². The number of amides is 2. The Morgan fingerprint density at radius 1 is 1.45 bits per heavy atom. The summed E-state index contributed by atoms with van der Waals surface area (Å²) in [4.78, 5) is 14.3. The number of likely N-dealkylation sites (tertiary alicyclic amines) is 1. The van der Waals surface area contributed by atoms with Gasteiger partial charge < -0.3 is 14.7 Å². The molecule has 1 N–H and O–H groups in total. The molecule has 2 amide bonds. The highest BCUT2D eigenvalue weighted by Gasteiger charge is 2.32. The van der Waals surface area contributed by atoms with Crippen LogP contribution in [0.5, 0.6) is 0 Å². The summed E-state index contributed by atoms with van der Waals surface area (Å²) in [6.45, 7) is 2.77. The van der Waals surface area contributed by atoms with E-state index in [9.17, 15) is 4.79 Å². The van der Waals surface area contributed by atoms with Gasteiger partial charge in [0, 0.05) is 22.8 Å². The normalized spacial score (nSPS) is 17.7. The zero-order chi connectivity index (χ0) is 15.5. The predicted molar refractivity (Wildman–Crippen MR) is 87.7 cm³/mol. The second kappa shape index (κ2) is 6.52. The quantitative estimate of drug-likeness (QED) is 0.880. The highest BCUT2D eigenvalue weighted by Crippen LogP contribution is 2.32. The number of aromatic nitrogens is 1. The number of carbonyl (C=O) groups is 1. The van der Waals surface area contributed by atoms with Gasteiger partial charge in [0.15, 0.2) is 5.76 Å². The van der Waals surface area contributed by atoms with Crippen LogP contribution in [0.25, 0.3) is 0 Å². The first-order chi connectivity index (χ1) is 10.7. The number of anilines is 1. The number of hydrogen-bond acceptors (Lipinski definition) is 3. The molecule has 6 heteroatoms.